The van der Waals surface area contributed by atoms with E-state index in [2.05, 4.69) is 42.2 Å². The first-order valence-electron chi connectivity index (χ1n) is 6.52. The van der Waals surface area contributed by atoms with Gasteiger partial charge in [-0.05, 0) is 42.9 Å². The summed E-state index contributed by atoms with van der Waals surface area (Å²) in [6, 6.07) is 11.0. The number of fused-ring (bicyclic) bond motifs is 1. The first kappa shape index (κ1) is 12.1. The van der Waals surface area contributed by atoms with Crippen molar-refractivity contribution in [3.63, 3.8) is 0 Å². The van der Waals surface area contributed by atoms with E-state index >= 15 is 0 Å². The molecule has 0 bridgehead atoms. The molecule has 0 heterocycles. The maximum Gasteiger partial charge on any atom is 0.0866 e. The fourth-order valence-electron chi connectivity index (χ4n) is 2.76. The van der Waals surface area contributed by atoms with E-state index in [0.717, 1.165) is 13.1 Å². The first-order chi connectivity index (χ1) is 8.35. The molecule has 1 aliphatic carbocycles. The van der Waals surface area contributed by atoms with E-state index in [1.807, 2.05) is 0 Å². The Balaban J connectivity index is 2.10. The van der Waals surface area contributed by atoms with Crippen molar-refractivity contribution in [2.24, 2.45) is 0 Å². The normalized spacial score (nSPS) is 18.8. The number of benzene rings is 1. The van der Waals surface area contributed by atoms with Crippen LogP contribution in [0.4, 0.5) is 0 Å². The smallest absolute Gasteiger partial charge is 0.0866 e. The maximum atomic E-state index is 8.80. The monoisotopic (exact) mass is 228 g/mol. The van der Waals surface area contributed by atoms with Crippen LogP contribution in [0.1, 0.15) is 36.8 Å². The van der Waals surface area contributed by atoms with Crippen molar-refractivity contribution >= 4 is 0 Å². The van der Waals surface area contributed by atoms with E-state index in [4.69, 9.17) is 5.26 Å². The second kappa shape index (κ2) is 5.84. The van der Waals surface area contributed by atoms with Crippen LogP contribution < -0.4 is 0 Å². The second-order valence-electron chi connectivity index (χ2n) is 4.77. The zero-order valence-electron chi connectivity index (χ0n) is 10.5. The minimum atomic E-state index is 0.551. The van der Waals surface area contributed by atoms with E-state index in [1.165, 1.54) is 30.4 Å². The molecule has 1 aromatic rings. The first-order valence-corrected chi connectivity index (χ1v) is 6.52. The molecule has 2 heteroatoms. The Morgan fingerprint density at radius 1 is 1.41 bits per heavy atom. The lowest BCUT2D eigenvalue weighted by Gasteiger charge is -2.29. The third-order valence-corrected chi connectivity index (χ3v) is 3.71. The van der Waals surface area contributed by atoms with Crippen LogP contribution in [0, 0.1) is 11.3 Å². The van der Waals surface area contributed by atoms with Crippen molar-refractivity contribution in [3.8, 4) is 6.07 Å². The van der Waals surface area contributed by atoms with Crippen molar-refractivity contribution in [1.82, 2.24) is 4.90 Å². The van der Waals surface area contributed by atoms with Gasteiger partial charge in [-0.1, -0.05) is 31.2 Å². The van der Waals surface area contributed by atoms with Crippen molar-refractivity contribution in [1.29, 1.82) is 5.26 Å². The van der Waals surface area contributed by atoms with Gasteiger partial charge in [0.25, 0.3) is 0 Å². The molecule has 2 nitrogen and oxygen atoms in total. The number of nitriles is 1. The van der Waals surface area contributed by atoms with Gasteiger partial charge in [0, 0.05) is 6.54 Å². The van der Waals surface area contributed by atoms with Gasteiger partial charge in [-0.25, -0.2) is 0 Å². The lowest BCUT2D eigenvalue weighted by atomic mass is 9.82. The van der Waals surface area contributed by atoms with Crippen molar-refractivity contribution in [3.05, 3.63) is 35.4 Å². The fourth-order valence-corrected chi connectivity index (χ4v) is 2.76. The molecule has 1 atom stereocenters. The highest BCUT2D eigenvalue weighted by Crippen LogP contribution is 2.31. The Kier molecular flexibility index (Phi) is 4.17. The number of nitrogens with zero attached hydrogens (tertiary/aromatic N) is 2. The summed E-state index contributed by atoms with van der Waals surface area (Å²) in [6.45, 7) is 4.68. The summed E-state index contributed by atoms with van der Waals surface area (Å²) in [5.41, 5.74) is 3.02. The highest BCUT2D eigenvalue weighted by molar-refractivity contribution is 5.32. The number of hydrogen-bond acceptors (Lipinski definition) is 2. The van der Waals surface area contributed by atoms with Crippen LogP contribution in [0.3, 0.4) is 0 Å². The van der Waals surface area contributed by atoms with Crippen LogP contribution in [0.2, 0.25) is 0 Å². The summed E-state index contributed by atoms with van der Waals surface area (Å²) >= 11 is 0. The molecule has 17 heavy (non-hydrogen) atoms. The fraction of sp³-hybridized carbons (Fsp3) is 0.533. The number of aryl methyl sites for hydroxylation is 1. The predicted octanol–water partition coefficient (Wildman–Crippen LogP) is 2.95. The van der Waals surface area contributed by atoms with E-state index < -0.39 is 0 Å². The molecule has 90 valence electrons. The lowest BCUT2D eigenvalue weighted by molar-refractivity contribution is 0.287. The molecule has 0 saturated heterocycles. The van der Waals surface area contributed by atoms with E-state index in [9.17, 15) is 0 Å². The molecule has 1 unspecified atom stereocenters. The minimum Gasteiger partial charge on any atom is -0.290 e. The molecular weight excluding hydrogens is 208 g/mol. The van der Waals surface area contributed by atoms with Gasteiger partial charge in [-0.3, -0.25) is 4.90 Å². The molecule has 0 spiro atoms. The quantitative estimate of drug-likeness (QED) is 0.741. The van der Waals surface area contributed by atoms with Crippen LogP contribution >= 0.6 is 0 Å². The van der Waals surface area contributed by atoms with Gasteiger partial charge in [-0.15, -0.1) is 0 Å². The standard InChI is InChI=1S/C15H20N2/c1-2-17(11-10-16)12-14-8-5-7-13-6-3-4-9-15(13)14/h3-4,6,9,14H,2,5,7-8,11-12H2,1H3. The van der Waals surface area contributed by atoms with Gasteiger partial charge in [0.05, 0.1) is 12.6 Å². The topological polar surface area (TPSA) is 27.0 Å². The van der Waals surface area contributed by atoms with Crippen LogP contribution in [-0.4, -0.2) is 24.5 Å². The zero-order valence-corrected chi connectivity index (χ0v) is 10.5. The van der Waals surface area contributed by atoms with Gasteiger partial charge >= 0.3 is 0 Å². The molecule has 0 aliphatic heterocycles. The van der Waals surface area contributed by atoms with Crippen LogP contribution in [0.25, 0.3) is 0 Å². The Labute approximate surface area is 104 Å². The number of likely N-dealkylation sites (N-methyl/N-ethyl adjacent to an activating group) is 1. The Morgan fingerprint density at radius 3 is 3.00 bits per heavy atom. The van der Waals surface area contributed by atoms with E-state index in [-0.39, 0.29) is 0 Å². The second-order valence-corrected chi connectivity index (χ2v) is 4.77. The highest BCUT2D eigenvalue weighted by atomic mass is 15.1. The zero-order chi connectivity index (χ0) is 12.1. The largest absolute Gasteiger partial charge is 0.290 e. The van der Waals surface area contributed by atoms with Gasteiger partial charge < -0.3 is 0 Å². The molecule has 0 radical (unpaired) electrons. The summed E-state index contributed by atoms with van der Waals surface area (Å²) in [6.07, 6.45) is 3.77. The average molecular weight is 228 g/mol. The van der Waals surface area contributed by atoms with Crippen molar-refractivity contribution in [2.75, 3.05) is 19.6 Å². The van der Waals surface area contributed by atoms with Crippen LogP contribution in [0.5, 0.6) is 0 Å². The van der Waals surface area contributed by atoms with Gasteiger partial charge in [0.1, 0.15) is 0 Å². The Morgan fingerprint density at radius 2 is 2.24 bits per heavy atom. The molecule has 0 amide bonds. The minimum absolute atomic E-state index is 0.551. The third-order valence-electron chi connectivity index (χ3n) is 3.71. The molecule has 1 aliphatic rings. The molecule has 2 rings (SSSR count). The van der Waals surface area contributed by atoms with Crippen molar-refractivity contribution in [2.45, 2.75) is 32.1 Å². The summed E-state index contributed by atoms with van der Waals surface area (Å²) in [5.74, 6) is 0.619. The van der Waals surface area contributed by atoms with Gasteiger partial charge in [0.2, 0.25) is 0 Å². The Bertz CT molecular complexity index is 406. The maximum absolute atomic E-state index is 8.80. The molecule has 1 aromatic carbocycles. The Hall–Kier alpha value is -1.33. The highest BCUT2D eigenvalue weighted by Gasteiger charge is 2.21. The number of hydrogen-bond donors (Lipinski definition) is 0. The lowest BCUT2D eigenvalue weighted by Crippen LogP contribution is -2.30. The molecular formula is C15H20N2. The molecule has 0 fully saturated rings. The molecule has 0 aromatic heterocycles. The molecule has 0 N–H and O–H groups in total. The molecule has 0 saturated carbocycles. The average Bonchev–Trinajstić information content (AvgIpc) is 2.38. The van der Waals surface area contributed by atoms with Crippen molar-refractivity contribution < 1.29 is 0 Å². The van der Waals surface area contributed by atoms with Gasteiger partial charge in [-0.2, -0.15) is 5.26 Å². The van der Waals surface area contributed by atoms with E-state index in [1.54, 1.807) is 0 Å². The number of rotatable bonds is 4. The summed E-state index contributed by atoms with van der Waals surface area (Å²) < 4.78 is 0. The predicted molar refractivity (Wildman–Crippen MR) is 69.8 cm³/mol. The SMILES string of the molecule is CCN(CC#N)CC1CCCc2ccccc21. The summed E-state index contributed by atoms with van der Waals surface area (Å²) in [7, 11) is 0. The summed E-state index contributed by atoms with van der Waals surface area (Å²) in [4.78, 5) is 2.24. The van der Waals surface area contributed by atoms with E-state index in [0.29, 0.717) is 12.5 Å². The van der Waals surface area contributed by atoms with Crippen LogP contribution in [-0.2, 0) is 6.42 Å². The van der Waals surface area contributed by atoms with Gasteiger partial charge in [0.15, 0.2) is 0 Å². The third kappa shape index (κ3) is 2.87. The van der Waals surface area contributed by atoms with Crippen LogP contribution in [0.15, 0.2) is 24.3 Å². The summed E-state index contributed by atoms with van der Waals surface area (Å²) in [5, 5.41) is 8.80.